The minimum atomic E-state index is -3.62. The van der Waals surface area contributed by atoms with E-state index in [0.717, 1.165) is 19.3 Å². The molecule has 3 aliphatic heterocycles. The molecule has 7 nitrogen and oxygen atoms in total. The Bertz CT molecular complexity index is 818. The summed E-state index contributed by atoms with van der Waals surface area (Å²) < 4.78 is 38.6. The monoisotopic (exact) mass is 442 g/mol. The SMILES string of the molecule is O=C(C1CCCN(S(=O)(=O)c2ccc(Cl)cc2)C1)N1CCC(C2OCCO2)CC1. The standard InChI is InChI=1S/C20H27ClN2O5S/c21-17-3-5-18(6-4-17)29(25,26)23-9-1-2-16(14-23)19(24)22-10-7-15(8-11-22)20-27-12-13-28-20/h3-6,15-16,20H,1-2,7-14H2. The molecule has 29 heavy (non-hydrogen) atoms. The summed E-state index contributed by atoms with van der Waals surface area (Å²) in [5.41, 5.74) is 0. The third-order valence-electron chi connectivity index (χ3n) is 6.07. The molecular weight excluding hydrogens is 416 g/mol. The van der Waals surface area contributed by atoms with Crippen LogP contribution in [0.1, 0.15) is 25.7 Å². The third kappa shape index (κ3) is 4.61. The first kappa shape index (κ1) is 21.1. The highest BCUT2D eigenvalue weighted by atomic mass is 35.5. The zero-order chi connectivity index (χ0) is 20.4. The highest BCUT2D eigenvalue weighted by molar-refractivity contribution is 7.89. The molecule has 4 rings (SSSR count). The Morgan fingerprint density at radius 1 is 1.00 bits per heavy atom. The predicted octanol–water partition coefficient (Wildman–Crippen LogP) is 2.35. The lowest BCUT2D eigenvalue weighted by molar-refractivity contribution is -0.142. The zero-order valence-electron chi connectivity index (χ0n) is 16.3. The molecule has 0 radical (unpaired) electrons. The Hall–Kier alpha value is -1.19. The number of halogens is 1. The van der Waals surface area contributed by atoms with Crippen molar-refractivity contribution in [1.29, 1.82) is 0 Å². The number of benzene rings is 1. The number of piperidine rings is 2. The first-order valence-corrected chi connectivity index (χ1v) is 12.0. The fourth-order valence-electron chi connectivity index (χ4n) is 4.42. The molecule has 3 aliphatic rings. The van der Waals surface area contributed by atoms with E-state index in [2.05, 4.69) is 0 Å². The van der Waals surface area contributed by atoms with Crippen LogP contribution in [-0.2, 0) is 24.3 Å². The van der Waals surface area contributed by atoms with Gasteiger partial charge in [0.05, 0.1) is 24.0 Å². The molecule has 1 aromatic rings. The minimum absolute atomic E-state index is 0.0627. The summed E-state index contributed by atoms with van der Waals surface area (Å²) in [5, 5.41) is 0.493. The molecule has 0 bridgehead atoms. The average Bonchev–Trinajstić information content (AvgIpc) is 3.29. The van der Waals surface area contributed by atoms with Crippen molar-refractivity contribution in [3.63, 3.8) is 0 Å². The number of hydrogen-bond donors (Lipinski definition) is 0. The van der Waals surface area contributed by atoms with Crippen LogP contribution in [0.5, 0.6) is 0 Å². The van der Waals surface area contributed by atoms with Gasteiger partial charge < -0.3 is 14.4 Å². The van der Waals surface area contributed by atoms with E-state index in [-0.39, 0.29) is 29.6 Å². The normalized spacial score (nSPS) is 25.4. The number of ether oxygens (including phenoxy) is 2. The lowest BCUT2D eigenvalue weighted by atomic mass is 9.93. The van der Waals surface area contributed by atoms with E-state index in [1.807, 2.05) is 4.90 Å². The summed E-state index contributed by atoms with van der Waals surface area (Å²) in [6.07, 6.45) is 2.98. The first-order valence-electron chi connectivity index (χ1n) is 10.2. The van der Waals surface area contributed by atoms with Crippen molar-refractivity contribution >= 4 is 27.5 Å². The quantitative estimate of drug-likeness (QED) is 0.715. The molecule has 0 aromatic heterocycles. The molecule has 1 aromatic carbocycles. The summed E-state index contributed by atoms with van der Waals surface area (Å²) in [4.78, 5) is 15.2. The van der Waals surface area contributed by atoms with Gasteiger partial charge >= 0.3 is 0 Å². The maximum absolute atomic E-state index is 13.1. The molecule has 0 aliphatic carbocycles. The lowest BCUT2D eigenvalue weighted by Gasteiger charge is -2.38. The van der Waals surface area contributed by atoms with Crippen molar-refractivity contribution in [3.05, 3.63) is 29.3 Å². The average molecular weight is 443 g/mol. The van der Waals surface area contributed by atoms with E-state index in [1.165, 1.54) is 16.4 Å². The van der Waals surface area contributed by atoms with E-state index >= 15 is 0 Å². The maximum Gasteiger partial charge on any atom is 0.243 e. The maximum atomic E-state index is 13.1. The molecule has 9 heteroatoms. The molecule has 3 saturated heterocycles. The molecule has 0 N–H and O–H groups in total. The van der Waals surface area contributed by atoms with Gasteiger partial charge in [0, 0.05) is 37.1 Å². The van der Waals surface area contributed by atoms with Crippen molar-refractivity contribution in [2.75, 3.05) is 39.4 Å². The van der Waals surface area contributed by atoms with Crippen LogP contribution >= 0.6 is 11.6 Å². The number of nitrogens with zero attached hydrogens (tertiary/aromatic N) is 2. The number of rotatable bonds is 4. The Kier molecular flexibility index (Phi) is 6.46. The van der Waals surface area contributed by atoms with Crippen molar-refractivity contribution < 1.29 is 22.7 Å². The van der Waals surface area contributed by atoms with E-state index in [4.69, 9.17) is 21.1 Å². The van der Waals surface area contributed by atoms with Crippen molar-refractivity contribution in [1.82, 2.24) is 9.21 Å². The van der Waals surface area contributed by atoms with Gasteiger partial charge in [-0.25, -0.2) is 8.42 Å². The van der Waals surface area contributed by atoms with E-state index < -0.39 is 10.0 Å². The molecule has 0 spiro atoms. The van der Waals surface area contributed by atoms with Crippen LogP contribution in [0.15, 0.2) is 29.2 Å². The summed E-state index contributed by atoms with van der Waals surface area (Å²) >= 11 is 5.88. The second-order valence-electron chi connectivity index (χ2n) is 7.93. The Morgan fingerprint density at radius 2 is 1.66 bits per heavy atom. The second-order valence-corrected chi connectivity index (χ2v) is 10.3. The fourth-order valence-corrected chi connectivity index (χ4v) is 6.07. The largest absolute Gasteiger partial charge is 0.350 e. The van der Waals surface area contributed by atoms with Gasteiger partial charge in [0.15, 0.2) is 6.29 Å². The van der Waals surface area contributed by atoms with Gasteiger partial charge in [-0.1, -0.05) is 11.6 Å². The van der Waals surface area contributed by atoms with E-state index in [9.17, 15) is 13.2 Å². The van der Waals surface area contributed by atoms with Crippen molar-refractivity contribution in [2.45, 2.75) is 36.9 Å². The van der Waals surface area contributed by atoms with E-state index in [0.29, 0.717) is 50.2 Å². The molecule has 1 atom stereocenters. The third-order valence-corrected chi connectivity index (χ3v) is 8.20. The fraction of sp³-hybridized carbons (Fsp3) is 0.650. The summed E-state index contributed by atoms with van der Waals surface area (Å²) in [5.74, 6) is 0.101. The van der Waals surface area contributed by atoms with Gasteiger partial charge in [-0.05, 0) is 49.9 Å². The van der Waals surface area contributed by atoms with E-state index in [1.54, 1.807) is 12.1 Å². The number of carbonyl (C=O) groups excluding carboxylic acids is 1. The lowest BCUT2D eigenvalue weighted by Crippen LogP contribution is -2.49. The number of carbonyl (C=O) groups is 1. The number of likely N-dealkylation sites (tertiary alicyclic amines) is 1. The van der Waals surface area contributed by atoms with Gasteiger partial charge in [-0.2, -0.15) is 4.31 Å². The van der Waals surface area contributed by atoms with Gasteiger partial charge in [0.25, 0.3) is 0 Å². The number of hydrogen-bond acceptors (Lipinski definition) is 5. The van der Waals surface area contributed by atoms with Crippen LogP contribution in [0.4, 0.5) is 0 Å². The molecule has 3 fully saturated rings. The van der Waals surface area contributed by atoms with Crippen LogP contribution < -0.4 is 0 Å². The Labute approximate surface area is 176 Å². The summed E-state index contributed by atoms with van der Waals surface area (Å²) in [6.45, 7) is 3.31. The van der Waals surface area contributed by atoms with Crippen molar-refractivity contribution in [3.8, 4) is 0 Å². The highest BCUT2D eigenvalue weighted by Crippen LogP contribution is 2.29. The zero-order valence-corrected chi connectivity index (χ0v) is 17.9. The molecule has 160 valence electrons. The Balaban J connectivity index is 1.37. The predicted molar refractivity (Wildman–Crippen MR) is 108 cm³/mol. The molecule has 0 saturated carbocycles. The first-order chi connectivity index (χ1) is 13.9. The van der Waals surface area contributed by atoms with Crippen LogP contribution in [-0.4, -0.2) is 69.2 Å². The number of amides is 1. The number of sulfonamides is 1. The van der Waals surface area contributed by atoms with Gasteiger partial charge in [0.2, 0.25) is 15.9 Å². The topological polar surface area (TPSA) is 76.2 Å². The summed E-state index contributed by atoms with van der Waals surface area (Å²) in [6, 6.07) is 6.17. The molecular formula is C20H27ClN2O5S. The Morgan fingerprint density at radius 3 is 2.31 bits per heavy atom. The van der Waals surface area contributed by atoms with Crippen LogP contribution in [0.25, 0.3) is 0 Å². The molecule has 3 heterocycles. The molecule has 1 amide bonds. The van der Waals surface area contributed by atoms with Gasteiger partial charge in [-0.3, -0.25) is 4.79 Å². The highest BCUT2D eigenvalue weighted by Gasteiger charge is 2.37. The van der Waals surface area contributed by atoms with Gasteiger partial charge in [0.1, 0.15) is 0 Å². The summed E-state index contributed by atoms with van der Waals surface area (Å²) in [7, 11) is -3.62. The van der Waals surface area contributed by atoms with Crippen molar-refractivity contribution in [2.24, 2.45) is 11.8 Å². The minimum Gasteiger partial charge on any atom is -0.350 e. The smallest absolute Gasteiger partial charge is 0.243 e. The van der Waals surface area contributed by atoms with Gasteiger partial charge in [-0.15, -0.1) is 0 Å². The van der Waals surface area contributed by atoms with Crippen LogP contribution in [0, 0.1) is 11.8 Å². The van der Waals surface area contributed by atoms with Crippen LogP contribution in [0.2, 0.25) is 5.02 Å². The van der Waals surface area contributed by atoms with Crippen LogP contribution in [0.3, 0.4) is 0 Å². The molecule has 1 unspecified atom stereocenters. The second kappa shape index (κ2) is 8.89.